The molecule has 0 atom stereocenters. The predicted molar refractivity (Wildman–Crippen MR) is 127 cm³/mol. The summed E-state index contributed by atoms with van der Waals surface area (Å²) < 4.78 is 0. The number of aromatic amines is 1. The molecular weight excluding hydrogens is 350 g/mol. The van der Waals surface area contributed by atoms with E-state index >= 15 is 0 Å². The lowest BCUT2D eigenvalue weighted by atomic mass is 9.71. The molecule has 1 fully saturated rings. The van der Waals surface area contributed by atoms with Crippen LogP contribution in [0.3, 0.4) is 0 Å². The van der Waals surface area contributed by atoms with E-state index in [0.717, 1.165) is 5.92 Å². The Kier molecular flexibility index (Phi) is 4.68. The number of aromatic nitrogens is 1. The highest BCUT2D eigenvalue weighted by Gasteiger charge is 2.38. The van der Waals surface area contributed by atoms with Gasteiger partial charge in [-0.2, -0.15) is 0 Å². The van der Waals surface area contributed by atoms with Crippen LogP contribution in [0.15, 0.2) is 30.3 Å². The Morgan fingerprint density at radius 1 is 0.759 bits per heavy atom. The number of rotatable bonds is 2. The molecule has 1 aliphatic heterocycles. The Balaban J connectivity index is 2.06. The topological polar surface area (TPSA) is 15.8 Å². The molecular formula is C28H39N. The van der Waals surface area contributed by atoms with E-state index in [1.165, 1.54) is 59.0 Å². The minimum absolute atomic E-state index is 0.114. The third kappa shape index (κ3) is 3.41. The number of hydrogen-bond donors (Lipinski definition) is 1. The Morgan fingerprint density at radius 2 is 1.41 bits per heavy atom. The Labute approximate surface area is 177 Å². The third-order valence-corrected chi connectivity index (χ3v) is 7.47. The summed E-state index contributed by atoms with van der Waals surface area (Å²) in [5.74, 6) is 0.765. The summed E-state index contributed by atoms with van der Waals surface area (Å²) in [5.41, 5.74) is 7.49. The van der Waals surface area contributed by atoms with E-state index < -0.39 is 0 Å². The van der Waals surface area contributed by atoms with Crippen LogP contribution in [0.1, 0.15) is 97.9 Å². The van der Waals surface area contributed by atoms with Gasteiger partial charge in [-0.15, -0.1) is 0 Å². The standard InChI is InChI=1S/C28H39N/c1-26(2,3)19-13-14-20-21-15-16-23(27(4,5)6)29-25(21)24(22(20)17-19)28(7,8)18-11-9-10-12-18/h13-18,29H,9-12H2,1-8H3. The van der Waals surface area contributed by atoms with E-state index in [2.05, 4.69) is 90.7 Å². The maximum atomic E-state index is 3.91. The molecule has 1 saturated carbocycles. The summed E-state index contributed by atoms with van der Waals surface area (Å²) in [5, 5.41) is 2.87. The zero-order valence-electron chi connectivity index (χ0n) is 19.8. The van der Waals surface area contributed by atoms with Crippen LogP contribution in [0.5, 0.6) is 0 Å². The van der Waals surface area contributed by atoms with Crippen LogP contribution in [-0.4, -0.2) is 4.98 Å². The first-order valence-electron chi connectivity index (χ1n) is 11.5. The summed E-state index contributed by atoms with van der Waals surface area (Å²) in [6.45, 7) is 18.9. The van der Waals surface area contributed by atoms with E-state index in [1.807, 2.05) is 0 Å². The average Bonchev–Trinajstić information content (AvgIpc) is 3.26. The average molecular weight is 390 g/mol. The van der Waals surface area contributed by atoms with Gasteiger partial charge in [0.1, 0.15) is 0 Å². The predicted octanol–water partition coefficient (Wildman–Crippen LogP) is 8.34. The summed E-state index contributed by atoms with van der Waals surface area (Å²) in [6, 6.07) is 11.9. The van der Waals surface area contributed by atoms with Crippen molar-refractivity contribution in [1.82, 2.24) is 4.98 Å². The molecule has 3 aliphatic rings. The van der Waals surface area contributed by atoms with Crippen molar-refractivity contribution in [3.63, 3.8) is 0 Å². The molecule has 0 saturated heterocycles. The highest BCUT2D eigenvalue weighted by molar-refractivity contribution is 6.06. The smallest absolute Gasteiger partial charge is 0.0506 e. The Morgan fingerprint density at radius 3 is 2.00 bits per heavy atom. The SMILES string of the molecule is CC(C)(C)c1ccc2c3ccc(C(C)(C)C)[nH]c-3c(C(C)(C)C3CCCC3)c2c1. The number of hydrogen-bond acceptors (Lipinski definition) is 0. The molecule has 1 aromatic rings. The van der Waals surface area contributed by atoms with Crippen LogP contribution in [0.25, 0.3) is 22.0 Å². The summed E-state index contributed by atoms with van der Waals surface area (Å²) in [4.78, 5) is 3.91. The first-order valence-corrected chi connectivity index (χ1v) is 11.5. The third-order valence-electron chi connectivity index (χ3n) is 7.47. The van der Waals surface area contributed by atoms with Crippen LogP contribution in [0.4, 0.5) is 0 Å². The molecule has 0 aromatic heterocycles. The van der Waals surface area contributed by atoms with Crippen molar-refractivity contribution >= 4 is 10.8 Å². The second-order valence-electron chi connectivity index (χ2n) is 12.0. The molecule has 0 unspecified atom stereocenters. The summed E-state index contributed by atoms with van der Waals surface area (Å²) in [6.07, 6.45) is 5.49. The lowest BCUT2D eigenvalue weighted by molar-refractivity contribution is 0.328. The van der Waals surface area contributed by atoms with Crippen LogP contribution in [0.2, 0.25) is 0 Å². The van der Waals surface area contributed by atoms with Crippen molar-refractivity contribution in [3.05, 3.63) is 47.2 Å². The van der Waals surface area contributed by atoms with E-state index in [0.29, 0.717) is 0 Å². The molecule has 1 N–H and O–H groups in total. The lowest BCUT2D eigenvalue weighted by Gasteiger charge is -2.33. The molecule has 1 nitrogen and oxygen atoms in total. The fourth-order valence-corrected chi connectivity index (χ4v) is 5.46. The molecule has 2 aliphatic carbocycles. The van der Waals surface area contributed by atoms with E-state index in [9.17, 15) is 0 Å². The van der Waals surface area contributed by atoms with E-state index in [1.54, 1.807) is 5.56 Å². The fraction of sp³-hybridized carbons (Fsp3) is 0.571. The number of fused-ring (bicyclic) bond motifs is 3. The Bertz CT molecular complexity index is 985. The van der Waals surface area contributed by atoms with Gasteiger partial charge < -0.3 is 4.98 Å². The molecule has 1 aromatic carbocycles. The maximum Gasteiger partial charge on any atom is 0.0506 e. The second kappa shape index (κ2) is 6.62. The molecule has 0 spiro atoms. The van der Waals surface area contributed by atoms with Gasteiger partial charge in [0.05, 0.1) is 5.69 Å². The summed E-state index contributed by atoms with van der Waals surface area (Å²) in [7, 11) is 0. The quantitative estimate of drug-likeness (QED) is 0.453. The molecule has 0 bridgehead atoms. The zero-order chi connectivity index (χ0) is 21.2. The van der Waals surface area contributed by atoms with Crippen LogP contribution in [-0.2, 0) is 16.2 Å². The van der Waals surface area contributed by atoms with Gasteiger partial charge in [0, 0.05) is 16.7 Å². The van der Waals surface area contributed by atoms with Gasteiger partial charge in [-0.25, -0.2) is 0 Å². The highest BCUT2D eigenvalue weighted by atomic mass is 14.8. The van der Waals surface area contributed by atoms with Gasteiger partial charge in [0.25, 0.3) is 0 Å². The first kappa shape index (κ1) is 20.5. The van der Waals surface area contributed by atoms with E-state index in [-0.39, 0.29) is 16.2 Å². The van der Waals surface area contributed by atoms with Crippen molar-refractivity contribution in [3.8, 4) is 11.3 Å². The maximum absolute atomic E-state index is 3.91. The van der Waals surface area contributed by atoms with Crippen LogP contribution < -0.4 is 0 Å². The van der Waals surface area contributed by atoms with Crippen LogP contribution in [0, 0.1) is 5.92 Å². The minimum atomic E-state index is 0.114. The van der Waals surface area contributed by atoms with Crippen molar-refractivity contribution in [1.29, 1.82) is 0 Å². The fourth-order valence-electron chi connectivity index (χ4n) is 5.46. The number of H-pyrrole nitrogens is 1. The normalized spacial score (nSPS) is 17.0. The molecule has 29 heavy (non-hydrogen) atoms. The molecule has 4 rings (SSSR count). The van der Waals surface area contributed by atoms with Gasteiger partial charge >= 0.3 is 0 Å². The van der Waals surface area contributed by atoms with Gasteiger partial charge in [-0.1, -0.05) is 92.5 Å². The lowest BCUT2D eigenvalue weighted by Crippen LogP contribution is -2.27. The Hall–Kier alpha value is -1.76. The van der Waals surface area contributed by atoms with Gasteiger partial charge in [0.2, 0.25) is 0 Å². The van der Waals surface area contributed by atoms with Crippen molar-refractivity contribution in [2.75, 3.05) is 0 Å². The molecule has 1 heterocycles. The molecule has 0 amide bonds. The minimum Gasteiger partial charge on any atom is -0.358 e. The number of nitrogens with one attached hydrogen (secondary N) is 1. The molecule has 156 valence electrons. The van der Waals surface area contributed by atoms with Gasteiger partial charge in [-0.05, 0) is 57.6 Å². The highest BCUT2D eigenvalue weighted by Crippen LogP contribution is 2.51. The van der Waals surface area contributed by atoms with Gasteiger partial charge in [0.15, 0.2) is 0 Å². The number of benzene rings is 1. The molecule has 0 radical (unpaired) electrons. The van der Waals surface area contributed by atoms with Crippen molar-refractivity contribution < 1.29 is 0 Å². The second-order valence-corrected chi connectivity index (χ2v) is 12.0. The zero-order valence-corrected chi connectivity index (χ0v) is 19.8. The van der Waals surface area contributed by atoms with Crippen molar-refractivity contribution in [2.45, 2.75) is 97.3 Å². The van der Waals surface area contributed by atoms with Gasteiger partial charge in [-0.3, -0.25) is 0 Å². The summed E-state index contributed by atoms with van der Waals surface area (Å²) >= 11 is 0. The van der Waals surface area contributed by atoms with Crippen molar-refractivity contribution in [2.24, 2.45) is 5.92 Å². The van der Waals surface area contributed by atoms with Crippen LogP contribution >= 0.6 is 0 Å². The molecule has 1 heteroatoms. The van der Waals surface area contributed by atoms with E-state index in [4.69, 9.17) is 0 Å². The number of pyridine rings is 1. The largest absolute Gasteiger partial charge is 0.358 e. The first-order chi connectivity index (χ1) is 13.4. The monoisotopic (exact) mass is 389 g/mol.